The Labute approximate surface area is 61.6 Å². The van der Waals surface area contributed by atoms with E-state index in [2.05, 4.69) is 0 Å². The summed E-state index contributed by atoms with van der Waals surface area (Å²) in [6, 6.07) is 0. The minimum atomic E-state index is -0.833. The van der Waals surface area contributed by atoms with Gasteiger partial charge < -0.3 is 14.9 Å². The van der Waals surface area contributed by atoms with E-state index in [9.17, 15) is 0 Å². The molecule has 0 rings (SSSR count). The number of hydrogen-bond acceptors (Lipinski definition) is 3. The van der Waals surface area contributed by atoms with Gasteiger partial charge in [0.2, 0.25) is 0 Å². The van der Waals surface area contributed by atoms with Crippen LogP contribution in [0.1, 0.15) is 27.2 Å². The van der Waals surface area contributed by atoms with E-state index >= 15 is 0 Å². The Kier molecular flexibility index (Phi) is 4.60. The molecule has 0 aromatic carbocycles. The van der Waals surface area contributed by atoms with Gasteiger partial charge in [0.25, 0.3) is 0 Å². The van der Waals surface area contributed by atoms with E-state index in [-0.39, 0.29) is 12.5 Å². The fourth-order valence-electron chi connectivity index (χ4n) is 0.662. The summed E-state index contributed by atoms with van der Waals surface area (Å²) >= 11 is 0. The van der Waals surface area contributed by atoms with Gasteiger partial charge in [-0.15, -0.1) is 0 Å². The third-order valence-corrected chi connectivity index (χ3v) is 0.972. The first-order valence-electron chi connectivity index (χ1n) is 3.54. The lowest BCUT2D eigenvalue weighted by Crippen LogP contribution is -2.21. The number of rotatable bonds is 4. The molecule has 2 atom stereocenters. The largest absolute Gasteiger partial charge is 0.393 e. The van der Waals surface area contributed by atoms with Crippen LogP contribution in [-0.2, 0) is 4.74 Å². The van der Waals surface area contributed by atoms with Crippen molar-refractivity contribution >= 4 is 0 Å². The molecule has 0 heterocycles. The van der Waals surface area contributed by atoms with Gasteiger partial charge >= 0.3 is 0 Å². The van der Waals surface area contributed by atoms with Gasteiger partial charge in [-0.05, 0) is 20.8 Å². The van der Waals surface area contributed by atoms with Crippen molar-refractivity contribution < 1.29 is 14.9 Å². The molecule has 10 heavy (non-hydrogen) atoms. The normalized spacial score (nSPS) is 17.4. The zero-order valence-corrected chi connectivity index (χ0v) is 6.74. The van der Waals surface area contributed by atoms with Gasteiger partial charge in [-0.25, -0.2) is 0 Å². The number of hydrogen-bond donors (Lipinski definition) is 2. The number of ether oxygens (including phenoxy) is 1. The van der Waals surface area contributed by atoms with Crippen LogP contribution in [0.3, 0.4) is 0 Å². The average Bonchev–Trinajstić information content (AvgIpc) is 1.58. The summed E-state index contributed by atoms with van der Waals surface area (Å²) < 4.78 is 4.96. The first kappa shape index (κ1) is 9.88. The summed E-state index contributed by atoms with van der Waals surface area (Å²) in [5.74, 6) is 0. The number of aliphatic hydroxyl groups excluding tert-OH is 2. The molecule has 0 aliphatic heterocycles. The molecule has 2 unspecified atom stereocenters. The van der Waals surface area contributed by atoms with Crippen molar-refractivity contribution in [3.05, 3.63) is 0 Å². The molecule has 0 saturated heterocycles. The van der Waals surface area contributed by atoms with Crippen LogP contribution in [0.15, 0.2) is 0 Å². The Morgan fingerprint density at radius 3 is 2.00 bits per heavy atom. The molecule has 0 aliphatic carbocycles. The standard InChI is InChI=1S/C7H16O3/c1-5(2)10-7(9)4-6(3)8/h5-9H,4H2,1-3H3. The van der Waals surface area contributed by atoms with Crippen LogP contribution in [0.25, 0.3) is 0 Å². The Bertz CT molecular complexity index is 70.9. The van der Waals surface area contributed by atoms with Crippen molar-refractivity contribution in [3.63, 3.8) is 0 Å². The monoisotopic (exact) mass is 148 g/mol. The maximum atomic E-state index is 9.01. The van der Waals surface area contributed by atoms with Crippen LogP contribution >= 0.6 is 0 Å². The lowest BCUT2D eigenvalue weighted by atomic mass is 10.3. The van der Waals surface area contributed by atoms with E-state index in [1.54, 1.807) is 6.92 Å². The first-order valence-corrected chi connectivity index (χ1v) is 3.54. The second-order valence-corrected chi connectivity index (χ2v) is 2.72. The summed E-state index contributed by atoms with van der Waals surface area (Å²) in [7, 11) is 0. The summed E-state index contributed by atoms with van der Waals surface area (Å²) in [6.07, 6.45) is -1.06. The van der Waals surface area contributed by atoms with Crippen LogP contribution in [0.2, 0.25) is 0 Å². The van der Waals surface area contributed by atoms with E-state index < -0.39 is 12.4 Å². The molecule has 3 nitrogen and oxygen atoms in total. The third-order valence-electron chi connectivity index (χ3n) is 0.972. The van der Waals surface area contributed by atoms with Gasteiger partial charge in [0.15, 0.2) is 6.29 Å². The summed E-state index contributed by atoms with van der Waals surface area (Å²) in [4.78, 5) is 0. The van der Waals surface area contributed by atoms with Crippen LogP contribution < -0.4 is 0 Å². The van der Waals surface area contributed by atoms with E-state index in [1.165, 1.54) is 0 Å². The van der Waals surface area contributed by atoms with Crippen molar-refractivity contribution in [3.8, 4) is 0 Å². The van der Waals surface area contributed by atoms with Crippen molar-refractivity contribution in [1.29, 1.82) is 0 Å². The number of aliphatic hydroxyl groups is 2. The van der Waals surface area contributed by atoms with E-state index in [0.717, 1.165) is 0 Å². The molecule has 62 valence electrons. The molecule has 0 aromatic heterocycles. The third kappa shape index (κ3) is 6.01. The van der Waals surface area contributed by atoms with Gasteiger partial charge in [-0.1, -0.05) is 0 Å². The summed E-state index contributed by atoms with van der Waals surface area (Å²) in [6.45, 7) is 5.30. The van der Waals surface area contributed by atoms with Gasteiger partial charge in [0.1, 0.15) is 0 Å². The minimum Gasteiger partial charge on any atom is -0.393 e. The first-order chi connectivity index (χ1) is 4.52. The zero-order valence-electron chi connectivity index (χ0n) is 6.74. The Balaban J connectivity index is 3.34. The average molecular weight is 148 g/mol. The molecule has 0 saturated carbocycles. The molecule has 0 bridgehead atoms. The van der Waals surface area contributed by atoms with Crippen LogP contribution in [0.5, 0.6) is 0 Å². The molecule has 0 aliphatic rings. The van der Waals surface area contributed by atoms with Crippen molar-refractivity contribution in [2.45, 2.75) is 45.7 Å². The van der Waals surface area contributed by atoms with Crippen molar-refractivity contribution in [1.82, 2.24) is 0 Å². The van der Waals surface area contributed by atoms with Gasteiger partial charge in [0.05, 0.1) is 12.2 Å². The maximum absolute atomic E-state index is 9.01. The molecular weight excluding hydrogens is 132 g/mol. The van der Waals surface area contributed by atoms with Gasteiger partial charge in [-0.3, -0.25) is 0 Å². The second kappa shape index (κ2) is 4.66. The SMILES string of the molecule is CC(O)CC(O)OC(C)C. The Morgan fingerprint density at radius 1 is 1.20 bits per heavy atom. The predicted octanol–water partition coefficient (Wildman–Crippen LogP) is 0.501. The highest BCUT2D eigenvalue weighted by Crippen LogP contribution is 2.01. The Hall–Kier alpha value is -0.120. The Morgan fingerprint density at radius 2 is 1.70 bits per heavy atom. The van der Waals surface area contributed by atoms with Crippen LogP contribution in [0.4, 0.5) is 0 Å². The molecule has 0 fully saturated rings. The van der Waals surface area contributed by atoms with Gasteiger partial charge in [0, 0.05) is 6.42 Å². The van der Waals surface area contributed by atoms with Crippen molar-refractivity contribution in [2.75, 3.05) is 0 Å². The molecule has 2 N–H and O–H groups in total. The zero-order chi connectivity index (χ0) is 8.15. The lowest BCUT2D eigenvalue weighted by molar-refractivity contribution is -0.140. The van der Waals surface area contributed by atoms with E-state index in [1.807, 2.05) is 13.8 Å². The highest BCUT2D eigenvalue weighted by Gasteiger charge is 2.08. The minimum absolute atomic E-state index is 0.00810. The summed E-state index contributed by atoms with van der Waals surface area (Å²) in [5, 5.41) is 17.8. The van der Waals surface area contributed by atoms with E-state index in [0.29, 0.717) is 0 Å². The van der Waals surface area contributed by atoms with Crippen LogP contribution in [-0.4, -0.2) is 28.7 Å². The highest BCUT2D eigenvalue weighted by molar-refractivity contribution is 4.50. The smallest absolute Gasteiger partial charge is 0.157 e. The molecule has 3 heteroatoms. The van der Waals surface area contributed by atoms with Crippen molar-refractivity contribution in [2.24, 2.45) is 0 Å². The maximum Gasteiger partial charge on any atom is 0.157 e. The predicted molar refractivity (Wildman–Crippen MR) is 38.5 cm³/mol. The second-order valence-electron chi connectivity index (χ2n) is 2.72. The molecule has 0 amide bonds. The quantitative estimate of drug-likeness (QED) is 0.571. The fraction of sp³-hybridized carbons (Fsp3) is 1.00. The lowest BCUT2D eigenvalue weighted by Gasteiger charge is -2.15. The molecule has 0 spiro atoms. The highest BCUT2D eigenvalue weighted by atomic mass is 16.6. The topological polar surface area (TPSA) is 49.7 Å². The summed E-state index contributed by atoms with van der Waals surface area (Å²) in [5.41, 5.74) is 0. The fourth-order valence-corrected chi connectivity index (χ4v) is 0.662. The molecule has 0 radical (unpaired) electrons. The van der Waals surface area contributed by atoms with E-state index in [4.69, 9.17) is 14.9 Å². The van der Waals surface area contributed by atoms with Crippen LogP contribution in [0, 0.1) is 0 Å². The molecule has 0 aromatic rings. The van der Waals surface area contributed by atoms with Gasteiger partial charge in [-0.2, -0.15) is 0 Å². The molecular formula is C7H16O3.